The molecule has 2 rings (SSSR count). The molecule has 0 saturated carbocycles. The van der Waals surface area contributed by atoms with Gasteiger partial charge in [-0.15, -0.1) is 0 Å². The molecule has 0 N–H and O–H groups in total. The maximum Gasteiger partial charge on any atom is 0.270 e. The maximum atomic E-state index is 10.9. The second-order valence-electron chi connectivity index (χ2n) is 5.05. The van der Waals surface area contributed by atoms with Gasteiger partial charge in [-0.2, -0.15) is 0 Å². The number of hydrogen-bond acceptors (Lipinski definition) is 3. The van der Waals surface area contributed by atoms with Crippen LogP contribution in [0.3, 0.4) is 0 Å². The van der Waals surface area contributed by atoms with Gasteiger partial charge in [0.15, 0.2) is 0 Å². The summed E-state index contributed by atoms with van der Waals surface area (Å²) in [6.07, 6.45) is 0. The fourth-order valence-corrected chi connectivity index (χ4v) is 2.50. The molecule has 0 aliphatic carbocycles. The lowest BCUT2D eigenvalue weighted by Crippen LogP contribution is -2.21. The Morgan fingerprint density at radius 2 is 2.00 bits per heavy atom. The van der Waals surface area contributed by atoms with E-state index in [0.29, 0.717) is 0 Å². The van der Waals surface area contributed by atoms with E-state index >= 15 is 0 Å². The number of nitro groups is 1. The van der Waals surface area contributed by atoms with Crippen molar-refractivity contribution in [1.82, 2.24) is 0 Å². The van der Waals surface area contributed by atoms with Gasteiger partial charge in [-0.3, -0.25) is 10.1 Å². The first-order valence-electron chi connectivity index (χ1n) is 5.49. The van der Waals surface area contributed by atoms with Crippen molar-refractivity contribution in [2.45, 2.75) is 26.2 Å². The van der Waals surface area contributed by atoms with Crippen LogP contribution in [0.4, 0.5) is 11.4 Å². The molecule has 1 aromatic rings. The van der Waals surface area contributed by atoms with Crippen molar-refractivity contribution in [2.24, 2.45) is 0 Å². The molecule has 1 aromatic carbocycles. The third-order valence-electron chi connectivity index (χ3n) is 3.63. The molecule has 90 valence electrons. The zero-order chi connectivity index (χ0) is 13.0. The third-order valence-corrected chi connectivity index (χ3v) is 3.63. The minimum atomic E-state index is -0.343. The molecule has 1 heterocycles. The number of non-ortho nitro benzene ring substituents is 1. The van der Waals surface area contributed by atoms with E-state index in [0.717, 1.165) is 22.5 Å². The molecule has 17 heavy (non-hydrogen) atoms. The van der Waals surface area contributed by atoms with Gasteiger partial charge in [0.25, 0.3) is 5.69 Å². The summed E-state index contributed by atoms with van der Waals surface area (Å²) < 4.78 is 0. The lowest BCUT2D eigenvalue weighted by Gasteiger charge is -2.22. The molecule has 0 fully saturated rings. The van der Waals surface area contributed by atoms with E-state index < -0.39 is 0 Å². The fraction of sp³-hybridized carbons (Fsp3) is 0.385. The number of rotatable bonds is 1. The van der Waals surface area contributed by atoms with Gasteiger partial charge < -0.3 is 4.90 Å². The molecule has 0 amide bonds. The summed E-state index contributed by atoms with van der Waals surface area (Å²) in [6, 6.07) is 3.28. The Morgan fingerprint density at radius 1 is 1.41 bits per heavy atom. The summed E-state index contributed by atoms with van der Waals surface area (Å²) in [5, 5.41) is 10.9. The average molecular weight is 232 g/mol. The van der Waals surface area contributed by atoms with E-state index in [1.165, 1.54) is 0 Å². The van der Waals surface area contributed by atoms with Crippen molar-refractivity contribution in [3.05, 3.63) is 45.6 Å². The molecule has 0 spiro atoms. The summed E-state index contributed by atoms with van der Waals surface area (Å²) in [4.78, 5) is 12.6. The van der Waals surface area contributed by atoms with Crippen LogP contribution in [-0.2, 0) is 5.41 Å². The van der Waals surface area contributed by atoms with E-state index in [1.807, 2.05) is 32.7 Å². The number of aryl methyl sites for hydroxylation is 1. The van der Waals surface area contributed by atoms with E-state index in [-0.39, 0.29) is 16.0 Å². The van der Waals surface area contributed by atoms with Crippen LogP contribution in [0.15, 0.2) is 24.4 Å². The SMILES string of the molecule is C=C1N(C)c2c(C)cc([N+](=O)[O-])cc2C1(C)C. The van der Waals surface area contributed by atoms with Crippen molar-refractivity contribution in [3.8, 4) is 0 Å². The van der Waals surface area contributed by atoms with Crippen LogP contribution in [0.5, 0.6) is 0 Å². The average Bonchev–Trinajstić information content (AvgIpc) is 2.41. The molecule has 1 aliphatic heterocycles. The predicted octanol–water partition coefficient (Wildman–Crippen LogP) is 3.14. The maximum absolute atomic E-state index is 10.9. The zero-order valence-electron chi connectivity index (χ0n) is 10.6. The molecule has 0 radical (unpaired) electrons. The van der Waals surface area contributed by atoms with Gasteiger partial charge in [-0.05, 0) is 18.1 Å². The van der Waals surface area contributed by atoms with Crippen molar-refractivity contribution < 1.29 is 4.92 Å². The highest BCUT2D eigenvalue weighted by Gasteiger charge is 2.39. The quantitative estimate of drug-likeness (QED) is 0.552. The summed E-state index contributed by atoms with van der Waals surface area (Å²) in [7, 11) is 1.95. The monoisotopic (exact) mass is 232 g/mol. The van der Waals surface area contributed by atoms with Gasteiger partial charge in [0.2, 0.25) is 0 Å². The van der Waals surface area contributed by atoms with Gasteiger partial charge in [0, 0.05) is 36.0 Å². The highest BCUT2D eigenvalue weighted by atomic mass is 16.6. The minimum Gasteiger partial charge on any atom is -0.347 e. The smallest absolute Gasteiger partial charge is 0.270 e. The summed E-state index contributed by atoms with van der Waals surface area (Å²) in [5.41, 5.74) is 3.82. The van der Waals surface area contributed by atoms with Gasteiger partial charge in [0.05, 0.1) is 4.92 Å². The van der Waals surface area contributed by atoms with E-state index in [2.05, 4.69) is 6.58 Å². The molecule has 0 bridgehead atoms. The van der Waals surface area contributed by atoms with Crippen LogP contribution >= 0.6 is 0 Å². The molecule has 0 unspecified atom stereocenters. The molecule has 0 atom stereocenters. The fourth-order valence-electron chi connectivity index (χ4n) is 2.50. The van der Waals surface area contributed by atoms with Gasteiger partial charge >= 0.3 is 0 Å². The second-order valence-corrected chi connectivity index (χ2v) is 5.05. The Kier molecular flexibility index (Phi) is 2.28. The minimum absolute atomic E-state index is 0.150. The molecule has 4 heteroatoms. The highest BCUT2D eigenvalue weighted by Crippen LogP contribution is 2.48. The lowest BCUT2D eigenvalue weighted by molar-refractivity contribution is -0.385. The van der Waals surface area contributed by atoms with Crippen LogP contribution in [0.25, 0.3) is 0 Å². The standard InChI is InChI=1S/C13H16N2O2/c1-8-6-10(15(16)17)7-11-12(8)14(5)9(2)13(11,3)4/h6-7H,2H2,1,3-5H3. The van der Waals surface area contributed by atoms with Crippen molar-refractivity contribution >= 4 is 11.4 Å². The summed E-state index contributed by atoms with van der Waals surface area (Å²) in [5.74, 6) is 0. The number of hydrogen-bond donors (Lipinski definition) is 0. The zero-order valence-corrected chi connectivity index (χ0v) is 10.6. The van der Waals surface area contributed by atoms with Crippen molar-refractivity contribution in [3.63, 3.8) is 0 Å². The van der Waals surface area contributed by atoms with Crippen molar-refractivity contribution in [2.75, 3.05) is 11.9 Å². The second kappa shape index (κ2) is 3.32. The number of nitro benzene ring substituents is 1. The van der Waals surface area contributed by atoms with E-state index in [4.69, 9.17) is 0 Å². The highest BCUT2D eigenvalue weighted by molar-refractivity contribution is 5.74. The van der Waals surface area contributed by atoms with Crippen molar-refractivity contribution in [1.29, 1.82) is 0 Å². The normalized spacial score (nSPS) is 17.2. The number of benzene rings is 1. The predicted molar refractivity (Wildman–Crippen MR) is 68.4 cm³/mol. The van der Waals surface area contributed by atoms with Crippen LogP contribution in [0, 0.1) is 17.0 Å². The van der Waals surface area contributed by atoms with Crippen LogP contribution in [0.2, 0.25) is 0 Å². The summed E-state index contributed by atoms with van der Waals surface area (Å²) >= 11 is 0. The Labute approximate surface area is 101 Å². The Bertz CT molecular complexity index is 532. The molecule has 0 saturated heterocycles. The van der Waals surface area contributed by atoms with Crippen LogP contribution in [0.1, 0.15) is 25.0 Å². The Balaban J connectivity index is 2.75. The molecule has 1 aliphatic rings. The van der Waals surface area contributed by atoms with E-state index in [9.17, 15) is 10.1 Å². The topological polar surface area (TPSA) is 46.4 Å². The molecular formula is C13H16N2O2. The van der Waals surface area contributed by atoms with Crippen LogP contribution in [-0.4, -0.2) is 12.0 Å². The number of likely N-dealkylation sites (N-methyl/N-ethyl adjacent to an activating group) is 1. The third kappa shape index (κ3) is 1.44. The van der Waals surface area contributed by atoms with E-state index in [1.54, 1.807) is 12.1 Å². The Morgan fingerprint density at radius 3 is 2.53 bits per heavy atom. The van der Waals surface area contributed by atoms with Gasteiger partial charge in [0.1, 0.15) is 0 Å². The molecular weight excluding hydrogens is 216 g/mol. The van der Waals surface area contributed by atoms with Gasteiger partial charge in [-0.1, -0.05) is 20.4 Å². The lowest BCUT2D eigenvalue weighted by atomic mass is 9.84. The molecule has 0 aromatic heterocycles. The number of fused-ring (bicyclic) bond motifs is 1. The first-order chi connectivity index (χ1) is 7.76. The molecule has 4 nitrogen and oxygen atoms in total. The number of allylic oxidation sites excluding steroid dienone is 1. The van der Waals surface area contributed by atoms with Crippen LogP contribution < -0.4 is 4.90 Å². The largest absolute Gasteiger partial charge is 0.347 e. The first kappa shape index (κ1) is 11.6. The van der Waals surface area contributed by atoms with Gasteiger partial charge in [-0.25, -0.2) is 0 Å². The summed E-state index contributed by atoms with van der Waals surface area (Å²) in [6.45, 7) is 10.1. The first-order valence-corrected chi connectivity index (χ1v) is 5.49. The number of nitrogens with zero attached hydrogens (tertiary/aromatic N) is 2. The number of anilines is 1. The Hall–Kier alpha value is -1.84.